The summed E-state index contributed by atoms with van der Waals surface area (Å²) in [5.74, 6) is -0.433. The van der Waals surface area contributed by atoms with E-state index in [1.54, 1.807) is 36.4 Å². The number of aliphatic hydroxyl groups excluding tert-OH is 1. The lowest BCUT2D eigenvalue weighted by Gasteiger charge is -2.19. The summed E-state index contributed by atoms with van der Waals surface area (Å²) in [5, 5.41) is 12.7. The van der Waals surface area contributed by atoms with Gasteiger partial charge in [-0.15, -0.1) is 0 Å². The predicted molar refractivity (Wildman–Crippen MR) is 82.2 cm³/mol. The van der Waals surface area contributed by atoms with Crippen LogP contribution in [0.1, 0.15) is 17.2 Å². The Hall–Kier alpha value is -2.04. The number of anilines is 1. The monoisotopic (exact) mass is 305 g/mol. The molecule has 2 N–H and O–H groups in total. The van der Waals surface area contributed by atoms with Crippen molar-refractivity contribution in [2.24, 2.45) is 0 Å². The second-order valence-electron chi connectivity index (χ2n) is 4.48. The molecule has 0 heterocycles. The van der Waals surface area contributed by atoms with Crippen LogP contribution in [-0.4, -0.2) is 18.2 Å². The third-order valence-corrected chi connectivity index (χ3v) is 3.42. The van der Waals surface area contributed by atoms with Crippen molar-refractivity contribution in [2.45, 2.75) is 12.6 Å². The molecule has 0 saturated heterocycles. The summed E-state index contributed by atoms with van der Waals surface area (Å²) in [4.78, 5) is 12.0. The molecule has 0 aliphatic heterocycles. The Morgan fingerprint density at radius 1 is 1.29 bits per heavy atom. The van der Waals surface area contributed by atoms with Crippen molar-refractivity contribution < 1.29 is 14.6 Å². The Bertz CT molecular complexity index is 630. The smallest absolute Gasteiger partial charge is 0.333 e. The van der Waals surface area contributed by atoms with Gasteiger partial charge in [0.05, 0.1) is 13.7 Å². The lowest BCUT2D eigenvalue weighted by molar-refractivity contribution is -0.141. The number of benzene rings is 2. The van der Waals surface area contributed by atoms with Crippen LogP contribution >= 0.6 is 11.6 Å². The van der Waals surface area contributed by atoms with Crippen LogP contribution in [0, 0.1) is 0 Å². The van der Waals surface area contributed by atoms with Crippen molar-refractivity contribution in [1.29, 1.82) is 0 Å². The molecule has 4 nitrogen and oxygen atoms in total. The van der Waals surface area contributed by atoms with Crippen LogP contribution in [0.25, 0.3) is 0 Å². The van der Waals surface area contributed by atoms with Crippen molar-refractivity contribution >= 4 is 23.3 Å². The highest BCUT2D eigenvalue weighted by atomic mass is 35.5. The van der Waals surface area contributed by atoms with E-state index in [2.05, 4.69) is 5.32 Å². The Labute approximate surface area is 128 Å². The minimum atomic E-state index is -0.711. The van der Waals surface area contributed by atoms with Gasteiger partial charge in [0.25, 0.3) is 0 Å². The number of rotatable bonds is 5. The summed E-state index contributed by atoms with van der Waals surface area (Å²) in [6.07, 6.45) is 0. The summed E-state index contributed by atoms with van der Waals surface area (Å²) >= 11 is 6.16. The zero-order valence-electron chi connectivity index (χ0n) is 11.5. The zero-order chi connectivity index (χ0) is 15.2. The zero-order valence-corrected chi connectivity index (χ0v) is 12.3. The van der Waals surface area contributed by atoms with Gasteiger partial charge in [0.1, 0.15) is 0 Å². The topological polar surface area (TPSA) is 58.6 Å². The molecule has 0 spiro atoms. The van der Waals surface area contributed by atoms with E-state index in [0.29, 0.717) is 16.3 Å². The van der Waals surface area contributed by atoms with Crippen LogP contribution in [0.4, 0.5) is 5.69 Å². The molecule has 0 aromatic heterocycles. The van der Waals surface area contributed by atoms with Crippen LogP contribution in [0.2, 0.25) is 5.02 Å². The Balaban J connectivity index is 2.33. The van der Waals surface area contributed by atoms with Gasteiger partial charge in [0, 0.05) is 16.3 Å². The first-order valence-electron chi connectivity index (χ1n) is 6.44. The van der Waals surface area contributed by atoms with Crippen molar-refractivity contribution in [1.82, 2.24) is 0 Å². The minimum Gasteiger partial charge on any atom is -0.467 e. The number of hydrogen-bond acceptors (Lipinski definition) is 4. The van der Waals surface area contributed by atoms with E-state index in [-0.39, 0.29) is 6.61 Å². The van der Waals surface area contributed by atoms with E-state index in [4.69, 9.17) is 16.3 Å². The van der Waals surface area contributed by atoms with Gasteiger partial charge in [0.2, 0.25) is 0 Å². The number of ether oxygens (including phenoxy) is 1. The maximum atomic E-state index is 12.0. The van der Waals surface area contributed by atoms with E-state index < -0.39 is 12.0 Å². The quantitative estimate of drug-likeness (QED) is 0.833. The van der Waals surface area contributed by atoms with Crippen molar-refractivity contribution in [2.75, 3.05) is 12.4 Å². The van der Waals surface area contributed by atoms with Gasteiger partial charge in [0.15, 0.2) is 6.04 Å². The van der Waals surface area contributed by atoms with Gasteiger partial charge in [-0.3, -0.25) is 0 Å². The molecular formula is C16H16ClNO3. The maximum Gasteiger partial charge on any atom is 0.333 e. The van der Waals surface area contributed by atoms with E-state index >= 15 is 0 Å². The summed E-state index contributed by atoms with van der Waals surface area (Å²) in [6.45, 7) is -0.0650. The number of nitrogens with one attached hydrogen (secondary N) is 1. The third kappa shape index (κ3) is 3.74. The number of methoxy groups -OCH3 is 1. The fraction of sp³-hybridized carbons (Fsp3) is 0.188. The van der Waals surface area contributed by atoms with Crippen LogP contribution in [0.5, 0.6) is 0 Å². The molecule has 2 aromatic rings. The van der Waals surface area contributed by atoms with Crippen molar-refractivity contribution in [3.8, 4) is 0 Å². The highest BCUT2D eigenvalue weighted by molar-refractivity contribution is 6.31. The molecule has 21 heavy (non-hydrogen) atoms. The maximum absolute atomic E-state index is 12.0. The first kappa shape index (κ1) is 15.4. The molecule has 0 radical (unpaired) electrons. The molecule has 0 saturated carbocycles. The summed E-state index contributed by atoms with van der Waals surface area (Å²) in [5.41, 5.74) is 2.10. The fourth-order valence-electron chi connectivity index (χ4n) is 2.02. The second-order valence-corrected chi connectivity index (χ2v) is 4.89. The molecule has 1 atom stereocenters. The largest absolute Gasteiger partial charge is 0.467 e. The standard InChI is InChI=1S/C16H16ClNO3/c1-21-16(20)15(13-7-2-3-8-14(13)17)18-12-6-4-5-11(9-12)10-19/h2-9,15,18-19H,10H2,1H3. The summed E-state index contributed by atoms with van der Waals surface area (Å²) in [7, 11) is 1.33. The molecule has 0 aliphatic carbocycles. The lowest BCUT2D eigenvalue weighted by Crippen LogP contribution is -2.22. The second kappa shape index (κ2) is 7.11. The molecule has 1 unspecified atom stereocenters. The van der Waals surface area contributed by atoms with E-state index in [1.165, 1.54) is 7.11 Å². The molecule has 2 rings (SSSR count). The molecule has 2 aromatic carbocycles. The molecule has 0 bridgehead atoms. The first-order chi connectivity index (χ1) is 10.2. The number of carbonyl (C=O) groups is 1. The molecule has 0 amide bonds. The highest BCUT2D eigenvalue weighted by Crippen LogP contribution is 2.27. The Kier molecular flexibility index (Phi) is 5.20. The number of carbonyl (C=O) groups excluding carboxylic acids is 1. The molecule has 5 heteroatoms. The van der Waals surface area contributed by atoms with E-state index in [0.717, 1.165) is 5.56 Å². The van der Waals surface area contributed by atoms with Crippen LogP contribution < -0.4 is 5.32 Å². The van der Waals surface area contributed by atoms with Gasteiger partial charge in [-0.05, 0) is 23.8 Å². The summed E-state index contributed by atoms with van der Waals surface area (Å²) in [6, 6.07) is 13.6. The normalized spacial score (nSPS) is 11.8. The fourth-order valence-corrected chi connectivity index (χ4v) is 2.26. The average Bonchev–Trinajstić information content (AvgIpc) is 2.53. The van der Waals surface area contributed by atoms with E-state index in [9.17, 15) is 9.90 Å². The van der Waals surface area contributed by atoms with Crippen LogP contribution in [0.15, 0.2) is 48.5 Å². The van der Waals surface area contributed by atoms with E-state index in [1.807, 2.05) is 12.1 Å². The number of aliphatic hydroxyl groups is 1. The predicted octanol–water partition coefficient (Wildman–Crippen LogP) is 3.16. The van der Waals surface area contributed by atoms with Crippen LogP contribution in [-0.2, 0) is 16.1 Å². The number of halogens is 1. The van der Waals surface area contributed by atoms with Gasteiger partial charge in [-0.25, -0.2) is 4.79 Å². The highest BCUT2D eigenvalue weighted by Gasteiger charge is 2.23. The van der Waals surface area contributed by atoms with Crippen LogP contribution in [0.3, 0.4) is 0 Å². The molecule has 0 aliphatic rings. The number of esters is 1. The Morgan fingerprint density at radius 3 is 2.71 bits per heavy atom. The minimum absolute atomic E-state index is 0.0650. The average molecular weight is 306 g/mol. The number of hydrogen-bond donors (Lipinski definition) is 2. The molecule has 0 fully saturated rings. The first-order valence-corrected chi connectivity index (χ1v) is 6.82. The summed E-state index contributed by atoms with van der Waals surface area (Å²) < 4.78 is 4.84. The molecular weight excluding hydrogens is 290 g/mol. The van der Waals surface area contributed by atoms with Gasteiger partial charge >= 0.3 is 5.97 Å². The lowest BCUT2D eigenvalue weighted by atomic mass is 10.1. The Morgan fingerprint density at radius 2 is 2.05 bits per heavy atom. The molecule has 110 valence electrons. The van der Waals surface area contributed by atoms with Crippen molar-refractivity contribution in [3.63, 3.8) is 0 Å². The van der Waals surface area contributed by atoms with Gasteiger partial charge in [-0.2, -0.15) is 0 Å². The SMILES string of the molecule is COC(=O)C(Nc1cccc(CO)c1)c1ccccc1Cl. The third-order valence-electron chi connectivity index (χ3n) is 3.07. The van der Waals surface area contributed by atoms with Gasteiger partial charge < -0.3 is 15.2 Å². The van der Waals surface area contributed by atoms with Crippen molar-refractivity contribution in [3.05, 3.63) is 64.7 Å². The van der Waals surface area contributed by atoms with Gasteiger partial charge in [-0.1, -0.05) is 41.9 Å².